The van der Waals surface area contributed by atoms with Crippen LogP contribution in [0.2, 0.25) is 0 Å². The normalized spacial score (nSPS) is 14.9. The molecular formula is C14H17N3OS. The van der Waals surface area contributed by atoms with E-state index in [0.717, 1.165) is 34.3 Å². The highest BCUT2D eigenvalue weighted by molar-refractivity contribution is 7.21. The Balaban J connectivity index is 2.11. The predicted molar refractivity (Wildman–Crippen MR) is 78.6 cm³/mol. The minimum Gasteiger partial charge on any atom is -0.397 e. The Hall–Kier alpha value is -1.62. The Morgan fingerprint density at radius 1 is 1.47 bits per heavy atom. The van der Waals surface area contributed by atoms with E-state index in [-0.39, 0.29) is 5.91 Å². The van der Waals surface area contributed by atoms with E-state index in [0.29, 0.717) is 16.6 Å². The van der Waals surface area contributed by atoms with Gasteiger partial charge < -0.3 is 10.6 Å². The molecule has 1 saturated carbocycles. The average molecular weight is 275 g/mol. The fourth-order valence-corrected chi connectivity index (χ4v) is 3.62. The number of nitrogen functional groups attached to an aromatic ring is 1. The number of hydrogen-bond donors (Lipinski definition) is 1. The lowest BCUT2D eigenvalue weighted by atomic mass is 10.1. The second kappa shape index (κ2) is 4.20. The topological polar surface area (TPSA) is 59.2 Å². The van der Waals surface area contributed by atoms with Gasteiger partial charge in [0.15, 0.2) is 0 Å². The van der Waals surface area contributed by atoms with E-state index in [1.54, 1.807) is 0 Å². The lowest BCUT2D eigenvalue weighted by molar-refractivity contribution is 0.0791. The van der Waals surface area contributed by atoms with Crippen LogP contribution in [0.4, 0.5) is 5.69 Å². The van der Waals surface area contributed by atoms with Gasteiger partial charge in [0.05, 0.1) is 5.69 Å². The van der Waals surface area contributed by atoms with Crippen molar-refractivity contribution in [2.24, 2.45) is 0 Å². The van der Waals surface area contributed by atoms with Crippen LogP contribution in [0.5, 0.6) is 0 Å². The van der Waals surface area contributed by atoms with Crippen LogP contribution in [0, 0.1) is 13.8 Å². The van der Waals surface area contributed by atoms with Gasteiger partial charge in [-0.3, -0.25) is 4.79 Å². The molecule has 1 aliphatic rings. The van der Waals surface area contributed by atoms with Crippen molar-refractivity contribution in [1.82, 2.24) is 9.88 Å². The maximum atomic E-state index is 12.4. The fourth-order valence-electron chi connectivity index (χ4n) is 2.42. The molecule has 4 nitrogen and oxygen atoms in total. The van der Waals surface area contributed by atoms with Crippen molar-refractivity contribution in [3.8, 4) is 0 Å². The summed E-state index contributed by atoms with van der Waals surface area (Å²) in [6.07, 6.45) is 2.20. The van der Waals surface area contributed by atoms with Crippen LogP contribution in [0.15, 0.2) is 6.07 Å². The zero-order valence-electron chi connectivity index (χ0n) is 11.4. The minimum absolute atomic E-state index is 0.0278. The number of fused-ring (bicyclic) bond motifs is 1. The van der Waals surface area contributed by atoms with E-state index in [4.69, 9.17) is 5.73 Å². The van der Waals surface area contributed by atoms with Gasteiger partial charge in [0.2, 0.25) is 0 Å². The van der Waals surface area contributed by atoms with Gasteiger partial charge in [-0.15, -0.1) is 11.3 Å². The molecule has 3 rings (SSSR count). The number of amides is 1. The number of carbonyl (C=O) groups excluding carboxylic acids is 1. The lowest BCUT2D eigenvalue weighted by Crippen LogP contribution is -2.28. The summed E-state index contributed by atoms with van der Waals surface area (Å²) in [5.41, 5.74) is 8.80. The highest BCUT2D eigenvalue weighted by Gasteiger charge is 2.32. The number of anilines is 1. The maximum Gasteiger partial charge on any atom is 0.266 e. The van der Waals surface area contributed by atoms with Gasteiger partial charge in [0.1, 0.15) is 9.71 Å². The Morgan fingerprint density at radius 3 is 2.79 bits per heavy atom. The third-order valence-electron chi connectivity index (χ3n) is 3.63. The summed E-state index contributed by atoms with van der Waals surface area (Å²) < 4.78 is 0. The molecule has 0 unspecified atom stereocenters. The summed E-state index contributed by atoms with van der Waals surface area (Å²) in [4.78, 5) is 20.2. The molecule has 0 atom stereocenters. The summed E-state index contributed by atoms with van der Waals surface area (Å²) in [6.45, 7) is 3.97. The highest BCUT2D eigenvalue weighted by Crippen LogP contribution is 2.37. The molecule has 2 aromatic heterocycles. The number of rotatable bonds is 2. The Morgan fingerprint density at radius 2 is 2.16 bits per heavy atom. The molecule has 1 aliphatic carbocycles. The summed E-state index contributed by atoms with van der Waals surface area (Å²) >= 11 is 1.41. The van der Waals surface area contributed by atoms with E-state index < -0.39 is 0 Å². The minimum atomic E-state index is 0.0278. The molecule has 0 spiro atoms. The molecule has 0 aliphatic heterocycles. The van der Waals surface area contributed by atoms with Gasteiger partial charge in [0.25, 0.3) is 5.91 Å². The van der Waals surface area contributed by atoms with E-state index in [2.05, 4.69) is 4.98 Å². The molecule has 5 heteroatoms. The molecule has 0 radical (unpaired) electrons. The zero-order chi connectivity index (χ0) is 13.7. The van der Waals surface area contributed by atoms with E-state index >= 15 is 0 Å². The number of thiophene rings is 1. The second-order valence-corrected chi connectivity index (χ2v) is 6.25. The fraction of sp³-hybridized carbons (Fsp3) is 0.429. The summed E-state index contributed by atoms with van der Waals surface area (Å²) in [5, 5.41) is 0.933. The molecule has 2 heterocycles. The van der Waals surface area contributed by atoms with Gasteiger partial charge in [-0.2, -0.15) is 0 Å². The number of carbonyl (C=O) groups is 1. The second-order valence-electron chi connectivity index (χ2n) is 5.25. The molecule has 2 N–H and O–H groups in total. The van der Waals surface area contributed by atoms with Crippen LogP contribution in [0.3, 0.4) is 0 Å². The van der Waals surface area contributed by atoms with Crippen molar-refractivity contribution in [3.05, 3.63) is 22.2 Å². The maximum absolute atomic E-state index is 12.4. The first kappa shape index (κ1) is 12.4. The van der Waals surface area contributed by atoms with Crippen LogP contribution >= 0.6 is 11.3 Å². The first-order valence-corrected chi connectivity index (χ1v) is 7.24. The molecule has 19 heavy (non-hydrogen) atoms. The summed E-state index contributed by atoms with van der Waals surface area (Å²) in [5.74, 6) is 0.0278. The lowest BCUT2D eigenvalue weighted by Gasteiger charge is -2.15. The first-order chi connectivity index (χ1) is 8.99. The number of nitrogens with zero attached hydrogens (tertiary/aromatic N) is 2. The molecule has 1 fully saturated rings. The van der Waals surface area contributed by atoms with Crippen molar-refractivity contribution in [1.29, 1.82) is 0 Å². The van der Waals surface area contributed by atoms with Gasteiger partial charge in [-0.05, 0) is 38.3 Å². The van der Waals surface area contributed by atoms with E-state index in [9.17, 15) is 4.79 Å². The standard InChI is InChI=1S/C14H17N3OS/c1-7-6-8(2)16-13-10(7)11(15)12(19-13)14(18)17(3)9-4-5-9/h6,9H,4-5,15H2,1-3H3. The summed E-state index contributed by atoms with van der Waals surface area (Å²) in [7, 11) is 1.86. The van der Waals surface area contributed by atoms with E-state index in [1.807, 2.05) is 31.9 Å². The smallest absolute Gasteiger partial charge is 0.266 e. The zero-order valence-corrected chi connectivity index (χ0v) is 12.2. The monoisotopic (exact) mass is 275 g/mol. The number of pyridine rings is 1. The van der Waals surface area contributed by atoms with Crippen LogP contribution in [-0.4, -0.2) is 28.9 Å². The van der Waals surface area contributed by atoms with Gasteiger partial charge in [-0.25, -0.2) is 4.98 Å². The van der Waals surface area contributed by atoms with Crippen molar-refractivity contribution >= 4 is 33.1 Å². The van der Waals surface area contributed by atoms with Crippen molar-refractivity contribution in [2.75, 3.05) is 12.8 Å². The molecule has 1 amide bonds. The van der Waals surface area contributed by atoms with Crippen LogP contribution < -0.4 is 5.73 Å². The quantitative estimate of drug-likeness (QED) is 0.916. The number of aromatic nitrogens is 1. The van der Waals surface area contributed by atoms with Crippen LogP contribution in [-0.2, 0) is 0 Å². The Kier molecular flexibility index (Phi) is 2.74. The van der Waals surface area contributed by atoms with Crippen LogP contribution in [0.1, 0.15) is 33.8 Å². The third kappa shape index (κ3) is 1.98. The number of hydrogen-bond acceptors (Lipinski definition) is 4. The third-order valence-corrected chi connectivity index (χ3v) is 4.72. The Bertz CT molecular complexity index is 673. The number of aryl methyl sites for hydroxylation is 2. The summed E-state index contributed by atoms with van der Waals surface area (Å²) in [6, 6.07) is 2.40. The van der Waals surface area contributed by atoms with Crippen molar-refractivity contribution < 1.29 is 4.79 Å². The van der Waals surface area contributed by atoms with Crippen molar-refractivity contribution in [2.45, 2.75) is 32.7 Å². The van der Waals surface area contributed by atoms with E-state index in [1.165, 1.54) is 11.3 Å². The predicted octanol–water partition coefficient (Wildman–Crippen LogP) is 2.73. The molecule has 0 saturated heterocycles. The highest BCUT2D eigenvalue weighted by atomic mass is 32.1. The SMILES string of the molecule is Cc1cc(C)c2c(N)c(C(=O)N(C)C3CC3)sc2n1. The molecule has 0 aromatic carbocycles. The van der Waals surface area contributed by atoms with Gasteiger partial charge >= 0.3 is 0 Å². The van der Waals surface area contributed by atoms with Gasteiger partial charge in [-0.1, -0.05) is 0 Å². The molecule has 0 bridgehead atoms. The molecule has 2 aromatic rings. The Labute approximate surface area is 116 Å². The average Bonchev–Trinajstić information content (AvgIpc) is 3.12. The first-order valence-electron chi connectivity index (χ1n) is 6.42. The van der Waals surface area contributed by atoms with Crippen LogP contribution in [0.25, 0.3) is 10.2 Å². The largest absolute Gasteiger partial charge is 0.397 e. The van der Waals surface area contributed by atoms with Crippen molar-refractivity contribution in [3.63, 3.8) is 0 Å². The molecular weight excluding hydrogens is 258 g/mol. The molecule has 100 valence electrons. The van der Waals surface area contributed by atoms with Gasteiger partial charge in [0, 0.05) is 24.2 Å². The number of nitrogens with two attached hydrogens (primary N) is 1.